The Labute approximate surface area is 165 Å². The molecule has 4 heteroatoms. The van der Waals surface area contributed by atoms with E-state index in [1.165, 1.54) is 43.2 Å². The van der Waals surface area contributed by atoms with Crippen molar-refractivity contribution >= 4 is 11.5 Å². The number of aryl methyl sites for hydroxylation is 1. The van der Waals surface area contributed by atoms with Crippen LogP contribution >= 0.6 is 0 Å². The van der Waals surface area contributed by atoms with Crippen molar-refractivity contribution in [2.24, 2.45) is 10.9 Å². The van der Waals surface area contributed by atoms with E-state index in [0.717, 1.165) is 29.1 Å². The zero-order valence-corrected chi connectivity index (χ0v) is 16.2. The summed E-state index contributed by atoms with van der Waals surface area (Å²) in [7, 11) is 0. The number of aliphatic imine (C=N–C) groups is 1. The number of nitrogens with zero attached hydrogens (tertiary/aromatic N) is 2. The largest absolute Gasteiger partial charge is 0.452 e. The van der Waals surface area contributed by atoms with Gasteiger partial charge in [-0.3, -0.25) is 14.8 Å². The van der Waals surface area contributed by atoms with Crippen LogP contribution < -0.4 is 4.74 Å². The lowest BCUT2D eigenvalue weighted by Gasteiger charge is -2.23. The Hall–Kier alpha value is -2.75. The minimum absolute atomic E-state index is 0.0417. The van der Waals surface area contributed by atoms with Crippen molar-refractivity contribution in [1.29, 1.82) is 0 Å². The molecule has 0 saturated heterocycles. The molecule has 0 spiro atoms. The number of pyridine rings is 1. The minimum atomic E-state index is -0.0417. The second-order valence-corrected chi connectivity index (χ2v) is 8.08. The maximum atomic E-state index is 13.0. The summed E-state index contributed by atoms with van der Waals surface area (Å²) in [6, 6.07) is 7.87. The molecule has 5 rings (SSSR count). The van der Waals surface area contributed by atoms with Gasteiger partial charge in [-0.15, -0.1) is 0 Å². The van der Waals surface area contributed by atoms with Gasteiger partial charge in [0.05, 0.1) is 23.5 Å². The van der Waals surface area contributed by atoms with Crippen LogP contribution in [0.2, 0.25) is 0 Å². The van der Waals surface area contributed by atoms with E-state index in [-0.39, 0.29) is 5.78 Å². The predicted octanol–water partition coefficient (Wildman–Crippen LogP) is 4.97. The number of ether oxygens (including phenoxy) is 1. The van der Waals surface area contributed by atoms with Crippen LogP contribution in [-0.4, -0.2) is 16.5 Å². The third kappa shape index (κ3) is 2.97. The Morgan fingerprint density at radius 2 is 2.00 bits per heavy atom. The number of benzene rings is 1. The molecule has 0 radical (unpaired) electrons. The van der Waals surface area contributed by atoms with Crippen LogP contribution in [-0.2, 0) is 13.0 Å². The molecule has 1 fully saturated rings. The summed E-state index contributed by atoms with van der Waals surface area (Å²) < 4.78 is 6.16. The zero-order valence-electron chi connectivity index (χ0n) is 16.2. The highest BCUT2D eigenvalue weighted by Gasteiger charge is 2.32. The van der Waals surface area contributed by atoms with Gasteiger partial charge in [0.2, 0.25) is 5.78 Å². The van der Waals surface area contributed by atoms with Crippen LogP contribution in [0.5, 0.6) is 5.75 Å². The summed E-state index contributed by atoms with van der Waals surface area (Å²) in [4.78, 5) is 21.9. The molecule has 28 heavy (non-hydrogen) atoms. The maximum absolute atomic E-state index is 13.0. The molecule has 3 aliphatic rings. The molecule has 2 aliphatic heterocycles. The number of rotatable bonds is 3. The van der Waals surface area contributed by atoms with Crippen molar-refractivity contribution in [3.05, 3.63) is 70.2 Å². The van der Waals surface area contributed by atoms with Crippen LogP contribution in [0.4, 0.5) is 0 Å². The summed E-state index contributed by atoms with van der Waals surface area (Å²) in [6.45, 7) is 2.68. The van der Waals surface area contributed by atoms with Gasteiger partial charge in [-0.05, 0) is 48.6 Å². The number of Topliss-reactive ketones (excluding diaryl/α,β-unsaturated/α-hetero) is 1. The normalized spacial score (nSPS) is 20.1. The standard InChI is InChI=1S/C24H24N2O2/c1-15-9-10-18-23(27)22(13-20-17-8-5-11-25-21(17)14-26-20)28-24(18)19(15)12-16-6-3-2-4-7-16/h5,8-11,13,16H,2-4,6-7,12,14H2,1H3/b22-13-. The Kier molecular flexibility index (Phi) is 4.34. The third-order valence-electron chi connectivity index (χ3n) is 6.23. The predicted molar refractivity (Wildman–Crippen MR) is 109 cm³/mol. The molecule has 0 N–H and O–H groups in total. The van der Waals surface area contributed by atoms with Crippen molar-refractivity contribution in [3.8, 4) is 5.75 Å². The van der Waals surface area contributed by atoms with E-state index in [9.17, 15) is 4.79 Å². The van der Waals surface area contributed by atoms with Crippen LogP contribution in [0.25, 0.3) is 0 Å². The Morgan fingerprint density at radius 3 is 2.86 bits per heavy atom. The van der Waals surface area contributed by atoms with E-state index < -0.39 is 0 Å². The Balaban J connectivity index is 1.46. The van der Waals surface area contributed by atoms with Gasteiger partial charge in [-0.2, -0.15) is 0 Å². The van der Waals surface area contributed by atoms with Crippen molar-refractivity contribution < 1.29 is 9.53 Å². The number of allylic oxidation sites excluding steroid dienone is 2. The molecule has 1 aliphatic carbocycles. The fraction of sp³-hybridized carbons (Fsp3) is 0.375. The molecule has 1 aromatic heterocycles. The topological polar surface area (TPSA) is 51.6 Å². The molecular weight excluding hydrogens is 348 g/mol. The SMILES string of the molecule is Cc1ccc2c(c1CC1CCCCC1)O/C(=C\C1=NCc3ncccc31)C2=O. The van der Waals surface area contributed by atoms with Crippen LogP contribution in [0.3, 0.4) is 0 Å². The molecule has 1 saturated carbocycles. The van der Waals surface area contributed by atoms with E-state index in [1.54, 1.807) is 12.3 Å². The number of carbonyl (C=O) groups excluding carboxylic acids is 1. The number of carbonyl (C=O) groups is 1. The summed E-state index contributed by atoms with van der Waals surface area (Å²) >= 11 is 0. The molecule has 0 bridgehead atoms. The minimum Gasteiger partial charge on any atom is -0.452 e. The van der Waals surface area contributed by atoms with E-state index in [1.807, 2.05) is 18.2 Å². The molecule has 3 heterocycles. The molecule has 4 nitrogen and oxygen atoms in total. The first-order valence-corrected chi connectivity index (χ1v) is 10.3. The number of ketones is 1. The van der Waals surface area contributed by atoms with Gasteiger partial charge in [-0.1, -0.05) is 38.2 Å². The lowest BCUT2D eigenvalue weighted by molar-refractivity contribution is 0.101. The highest BCUT2D eigenvalue weighted by atomic mass is 16.5. The van der Waals surface area contributed by atoms with E-state index in [2.05, 4.69) is 23.0 Å². The average Bonchev–Trinajstić information content (AvgIpc) is 3.27. The fourth-order valence-electron chi connectivity index (χ4n) is 4.63. The van der Waals surface area contributed by atoms with Crippen LogP contribution in [0.1, 0.15) is 64.8 Å². The third-order valence-corrected chi connectivity index (χ3v) is 6.23. The van der Waals surface area contributed by atoms with Crippen molar-refractivity contribution in [2.75, 3.05) is 0 Å². The quantitative estimate of drug-likeness (QED) is 0.715. The smallest absolute Gasteiger partial charge is 0.232 e. The van der Waals surface area contributed by atoms with Gasteiger partial charge in [0, 0.05) is 17.8 Å². The van der Waals surface area contributed by atoms with Gasteiger partial charge >= 0.3 is 0 Å². The Morgan fingerprint density at radius 1 is 1.14 bits per heavy atom. The van der Waals surface area contributed by atoms with Gasteiger partial charge in [-0.25, -0.2) is 0 Å². The number of hydrogen-bond donors (Lipinski definition) is 0. The summed E-state index contributed by atoms with van der Waals surface area (Å²) in [6.07, 6.45) is 11.1. The van der Waals surface area contributed by atoms with Gasteiger partial charge in [0.1, 0.15) is 5.75 Å². The lowest BCUT2D eigenvalue weighted by Crippen LogP contribution is -2.10. The first-order valence-electron chi connectivity index (χ1n) is 10.3. The molecular formula is C24H24N2O2. The average molecular weight is 372 g/mol. The van der Waals surface area contributed by atoms with E-state index in [0.29, 0.717) is 23.8 Å². The first kappa shape index (κ1) is 17.4. The molecule has 0 amide bonds. The second-order valence-electron chi connectivity index (χ2n) is 8.08. The van der Waals surface area contributed by atoms with Gasteiger partial charge in [0.25, 0.3) is 0 Å². The highest BCUT2D eigenvalue weighted by molar-refractivity contribution is 6.19. The monoisotopic (exact) mass is 372 g/mol. The molecule has 2 aromatic rings. The summed E-state index contributed by atoms with van der Waals surface area (Å²) in [5.41, 5.74) is 5.83. The van der Waals surface area contributed by atoms with Crippen molar-refractivity contribution in [1.82, 2.24) is 4.98 Å². The summed E-state index contributed by atoms with van der Waals surface area (Å²) in [5, 5.41) is 0. The Bertz CT molecular complexity index is 1010. The van der Waals surface area contributed by atoms with Crippen LogP contribution in [0, 0.1) is 12.8 Å². The summed E-state index contributed by atoms with van der Waals surface area (Å²) in [5.74, 6) is 1.80. The van der Waals surface area contributed by atoms with E-state index in [4.69, 9.17) is 4.74 Å². The second kappa shape index (κ2) is 7.01. The van der Waals surface area contributed by atoms with Crippen molar-refractivity contribution in [2.45, 2.75) is 52.0 Å². The number of fused-ring (bicyclic) bond motifs is 2. The maximum Gasteiger partial charge on any atom is 0.232 e. The van der Waals surface area contributed by atoms with Crippen LogP contribution in [0.15, 0.2) is 47.3 Å². The highest BCUT2D eigenvalue weighted by Crippen LogP contribution is 2.39. The lowest BCUT2D eigenvalue weighted by atomic mass is 9.83. The van der Waals surface area contributed by atoms with E-state index >= 15 is 0 Å². The number of aromatic nitrogens is 1. The molecule has 142 valence electrons. The number of hydrogen-bond acceptors (Lipinski definition) is 4. The molecule has 0 unspecified atom stereocenters. The van der Waals surface area contributed by atoms with Crippen molar-refractivity contribution in [3.63, 3.8) is 0 Å². The zero-order chi connectivity index (χ0) is 19.1. The fourth-order valence-corrected chi connectivity index (χ4v) is 4.63. The molecule has 0 atom stereocenters. The van der Waals surface area contributed by atoms with Gasteiger partial charge in [0.15, 0.2) is 5.76 Å². The van der Waals surface area contributed by atoms with Gasteiger partial charge < -0.3 is 4.74 Å². The first-order chi connectivity index (χ1) is 13.7. The molecule has 1 aromatic carbocycles.